The molecule has 1 aromatic carbocycles. The molecule has 0 heterocycles. The molecule has 0 fully saturated rings. The smallest absolute Gasteiger partial charge is 0.0571 e. The molecule has 106 valence electrons. The Morgan fingerprint density at radius 2 is 2.00 bits per heavy atom. The van der Waals surface area contributed by atoms with E-state index in [2.05, 4.69) is 50.4 Å². The van der Waals surface area contributed by atoms with Crippen LogP contribution < -0.4 is 5.32 Å². The monoisotopic (exact) mass is 261 g/mol. The van der Waals surface area contributed by atoms with E-state index in [0.29, 0.717) is 0 Å². The molecule has 1 aromatic rings. The lowest BCUT2D eigenvalue weighted by Gasteiger charge is -2.41. The summed E-state index contributed by atoms with van der Waals surface area (Å²) in [4.78, 5) is 0. The van der Waals surface area contributed by atoms with Gasteiger partial charge in [-0.1, -0.05) is 24.3 Å². The number of nitrogens with one attached hydrogen (secondary N) is 1. The van der Waals surface area contributed by atoms with Crippen LogP contribution in [0.5, 0.6) is 0 Å². The van der Waals surface area contributed by atoms with Gasteiger partial charge in [0.1, 0.15) is 0 Å². The number of methoxy groups -OCH3 is 1. The number of hydrogen-bond donors (Lipinski definition) is 1. The topological polar surface area (TPSA) is 21.3 Å². The zero-order valence-corrected chi connectivity index (χ0v) is 12.8. The molecule has 2 rings (SSSR count). The minimum atomic E-state index is 0.136. The maximum Gasteiger partial charge on any atom is 0.0571 e. The molecular weight excluding hydrogens is 234 g/mol. The summed E-state index contributed by atoms with van der Waals surface area (Å²) >= 11 is 0. The number of aryl methyl sites for hydroxylation is 1. The molecule has 0 aromatic heterocycles. The second-order valence-corrected chi connectivity index (χ2v) is 6.83. The normalized spacial score (nSPS) is 23.2. The molecule has 1 N–H and O–H groups in total. The summed E-state index contributed by atoms with van der Waals surface area (Å²) in [5.74, 6) is 0. The predicted octanol–water partition coefficient (Wildman–Crippen LogP) is 3.30. The molecule has 1 aliphatic rings. The lowest BCUT2D eigenvalue weighted by molar-refractivity contribution is 0.111. The first-order valence-electron chi connectivity index (χ1n) is 7.29. The van der Waals surface area contributed by atoms with Gasteiger partial charge < -0.3 is 10.1 Å². The van der Waals surface area contributed by atoms with Gasteiger partial charge in [-0.25, -0.2) is 0 Å². The third-order valence-electron chi connectivity index (χ3n) is 4.07. The van der Waals surface area contributed by atoms with E-state index >= 15 is 0 Å². The lowest BCUT2D eigenvalue weighted by atomic mass is 9.70. The van der Waals surface area contributed by atoms with Crippen LogP contribution in [0.15, 0.2) is 24.3 Å². The zero-order chi connectivity index (χ0) is 13.9. The maximum atomic E-state index is 5.57. The van der Waals surface area contributed by atoms with Gasteiger partial charge in [0.05, 0.1) is 6.61 Å². The van der Waals surface area contributed by atoms with Crippen molar-refractivity contribution in [2.24, 2.45) is 0 Å². The third kappa shape index (κ3) is 3.37. The molecule has 2 heteroatoms. The van der Waals surface area contributed by atoms with Crippen LogP contribution in [0.1, 0.15) is 44.7 Å². The number of hydrogen-bond acceptors (Lipinski definition) is 2. The van der Waals surface area contributed by atoms with Crippen molar-refractivity contribution >= 4 is 0 Å². The fraction of sp³-hybridized carbons (Fsp3) is 0.647. The Kier molecular flexibility index (Phi) is 4.32. The Morgan fingerprint density at radius 3 is 2.68 bits per heavy atom. The lowest BCUT2D eigenvalue weighted by Crippen LogP contribution is -2.49. The molecule has 0 amide bonds. The van der Waals surface area contributed by atoms with Crippen LogP contribution in [0.25, 0.3) is 0 Å². The Bertz CT molecular complexity index is 422. The third-order valence-corrected chi connectivity index (χ3v) is 4.07. The van der Waals surface area contributed by atoms with Gasteiger partial charge in [-0.3, -0.25) is 0 Å². The van der Waals surface area contributed by atoms with Gasteiger partial charge in [-0.05, 0) is 51.2 Å². The number of fused-ring (bicyclic) bond motifs is 1. The first kappa shape index (κ1) is 14.5. The minimum Gasteiger partial charge on any atom is -0.384 e. The first-order chi connectivity index (χ1) is 8.97. The highest BCUT2D eigenvalue weighted by atomic mass is 16.5. The van der Waals surface area contributed by atoms with Gasteiger partial charge in [0.2, 0.25) is 0 Å². The second kappa shape index (κ2) is 5.64. The van der Waals surface area contributed by atoms with Crippen molar-refractivity contribution in [1.29, 1.82) is 0 Å². The summed E-state index contributed by atoms with van der Waals surface area (Å²) in [6, 6.07) is 8.87. The van der Waals surface area contributed by atoms with Crippen LogP contribution >= 0.6 is 0 Å². The fourth-order valence-corrected chi connectivity index (χ4v) is 3.10. The minimum absolute atomic E-state index is 0.136. The first-order valence-corrected chi connectivity index (χ1v) is 7.29. The van der Waals surface area contributed by atoms with Crippen LogP contribution in [0.3, 0.4) is 0 Å². The molecule has 1 atom stereocenters. The molecule has 0 spiro atoms. The van der Waals surface area contributed by atoms with Gasteiger partial charge in [-0.15, -0.1) is 0 Å². The summed E-state index contributed by atoms with van der Waals surface area (Å²) in [6.07, 6.45) is 3.67. The van der Waals surface area contributed by atoms with Gasteiger partial charge in [0, 0.05) is 24.6 Å². The standard InChI is InChI=1S/C17H27NO/c1-16(2,3)18-12-17(13-19-4)11-7-9-14-8-5-6-10-15(14)17/h5-6,8,10,18H,7,9,11-13H2,1-4H3. The van der Waals surface area contributed by atoms with E-state index in [1.54, 1.807) is 0 Å². The van der Waals surface area contributed by atoms with E-state index in [1.165, 1.54) is 30.4 Å². The van der Waals surface area contributed by atoms with Crippen molar-refractivity contribution in [1.82, 2.24) is 5.32 Å². The van der Waals surface area contributed by atoms with Crippen molar-refractivity contribution in [3.8, 4) is 0 Å². The average molecular weight is 261 g/mol. The molecule has 0 aliphatic heterocycles. The molecule has 0 bridgehead atoms. The predicted molar refractivity (Wildman–Crippen MR) is 80.7 cm³/mol. The van der Waals surface area contributed by atoms with Gasteiger partial charge in [0.15, 0.2) is 0 Å². The largest absolute Gasteiger partial charge is 0.384 e. The Morgan fingerprint density at radius 1 is 1.26 bits per heavy atom. The SMILES string of the molecule is COCC1(CNC(C)(C)C)CCCc2ccccc21. The van der Waals surface area contributed by atoms with Crippen LogP contribution in [-0.2, 0) is 16.6 Å². The summed E-state index contributed by atoms with van der Waals surface area (Å²) in [7, 11) is 1.82. The molecule has 1 unspecified atom stereocenters. The molecule has 19 heavy (non-hydrogen) atoms. The molecule has 1 aliphatic carbocycles. The maximum absolute atomic E-state index is 5.57. The van der Waals surface area contributed by atoms with E-state index in [-0.39, 0.29) is 11.0 Å². The molecule has 0 saturated carbocycles. The highest BCUT2D eigenvalue weighted by molar-refractivity contribution is 5.37. The molecule has 2 nitrogen and oxygen atoms in total. The van der Waals surface area contributed by atoms with E-state index in [0.717, 1.165) is 13.2 Å². The van der Waals surface area contributed by atoms with Crippen molar-refractivity contribution in [3.63, 3.8) is 0 Å². The number of rotatable bonds is 4. The fourth-order valence-electron chi connectivity index (χ4n) is 3.10. The quantitative estimate of drug-likeness (QED) is 0.898. The van der Waals surface area contributed by atoms with Gasteiger partial charge >= 0.3 is 0 Å². The Labute approximate surface area is 117 Å². The van der Waals surface area contributed by atoms with E-state index in [1.807, 2.05) is 7.11 Å². The highest BCUT2D eigenvalue weighted by Gasteiger charge is 2.37. The Hall–Kier alpha value is -0.860. The second-order valence-electron chi connectivity index (χ2n) is 6.83. The van der Waals surface area contributed by atoms with E-state index in [9.17, 15) is 0 Å². The molecule has 0 radical (unpaired) electrons. The van der Waals surface area contributed by atoms with Crippen LogP contribution in [0.2, 0.25) is 0 Å². The van der Waals surface area contributed by atoms with Crippen LogP contribution in [0.4, 0.5) is 0 Å². The summed E-state index contributed by atoms with van der Waals surface area (Å²) < 4.78 is 5.57. The summed E-state index contributed by atoms with van der Waals surface area (Å²) in [6.45, 7) is 8.46. The zero-order valence-electron chi connectivity index (χ0n) is 12.8. The highest BCUT2D eigenvalue weighted by Crippen LogP contribution is 2.37. The van der Waals surface area contributed by atoms with E-state index < -0.39 is 0 Å². The number of ether oxygens (including phenoxy) is 1. The average Bonchev–Trinajstić information content (AvgIpc) is 2.37. The van der Waals surface area contributed by atoms with Crippen LogP contribution in [0, 0.1) is 0 Å². The van der Waals surface area contributed by atoms with Crippen molar-refractivity contribution < 1.29 is 4.74 Å². The van der Waals surface area contributed by atoms with Crippen molar-refractivity contribution in [2.75, 3.05) is 20.3 Å². The summed E-state index contributed by atoms with van der Waals surface area (Å²) in [5, 5.41) is 3.68. The van der Waals surface area contributed by atoms with Crippen molar-refractivity contribution in [3.05, 3.63) is 35.4 Å². The van der Waals surface area contributed by atoms with E-state index in [4.69, 9.17) is 4.74 Å². The summed E-state index contributed by atoms with van der Waals surface area (Å²) in [5.41, 5.74) is 3.27. The Balaban J connectivity index is 2.29. The van der Waals surface area contributed by atoms with Crippen molar-refractivity contribution in [2.45, 2.75) is 51.0 Å². The molecule has 0 saturated heterocycles. The molecular formula is C17H27NO. The van der Waals surface area contributed by atoms with Gasteiger partial charge in [0.25, 0.3) is 0 Å². The van der Waals surface area contributed by atoms with Gasteiger partial charge in [-0.2, -0.15) is 0 Å². The van der Waals surface area contributed by atoms with Crippen LogP contribution in [-0.4, -0.2) is 25.8 Å². The number of benzene rings is 1.